The van der Waals surface area contributed by atoms with Crippen molar-refractivity contribution in [2.24, 2.45) is 0 Å². The number of fused-ring (bicyclic) bond motifs is 6. The van der Waals surface area contributed by atoms with Crippen LogP contribution in [-0.2, 0) is 39.3 Å². The Labute approximate surface area is 636 Å². The highest BCUT2D eigenvalue weighted by Crippen LogP contribution is 2.35. The maximum absolute atomic E-state index is 13.7. The van der Waals surface area contributed by atoms with Crippen LogP contribution in [0.25, 0.3) is 65.4 Å². The summed E-state index contributed by atoms with van der Waals surface area (Å²) in [6, 6.07) is 35.1. The van der Waals surface area contributed by atoms with Crippen LogP contribution in [0.1, 0.15) is 47.1 Å². The zero-order valence-corrected chi connectivity index (χ0v) is 68.3. The zero-order chi connectivity index (χ0) is 79.7. The summed E-state index contributed by atoms with van der Waals surface area (Å²) in [5.41, 5.74) is 7.24. The molecule has 6 heterocycles. The molecule has 0 unspecified atom stereocenters. The molecule has 23 heteroatoms. The van der Waals surface area contributed by atoms with Gasteiger partial charge in [-0.15, -0.1) is 0 Å². The van der Waals surface area contributed by atoms with Gasteiger partial charge in [-0.2, -0.15) is 0 Å². The summed E-state index contributed by atoms with van der Waals surface area (Å²) in [5, 5.41) is 5.63. The molecule has 12 rings (SSSR count). The van der Waals surface area contributed by atoms with Crippen LogP contribution >= 0.6 is 0 Å². The number of aryl methyl sites for hydroxylation is 1. The molecule has 0 spiro atoms. The molecule has 108 heavy (non-hydrogen) atoms. The molecule has 0 saturated carbocycles. The normalized spacial score (nSPS) is 13.2. The smallest absolute Gasteiger partial charge is 0.168 e. The number of rotatable bonds is 24. The molecule has 6 aromatic carbocycles. The summed E-state index contributed by atoms with van der Waals surface area (Å²) >= 11 is 0. The van der Waals surface area contributed by atoms with E-state index in [1.165, 1.54) is 58.7 Å². The van der Waals surface area contributed by atoms with Crippen LogP contribution < -0.4 is 28.4 Å². The molecule has 0 bridgehead atoms. The molecule has 0 radical (unpaired) electrons. The number of hydrogen-bond acceptors (Lipinski definition) is 12. The van der Waals surface area contributed by atoms with Gasteiger partial charge in [-0.3, -0.25) is 0 Å². The van der Waals surface area contributed by atoms with E-state index in [2.05, 4.69) is 187 Å². The number of ether oxygens (including phenoxy) is 6. The number of nitrogens with zero attached hydrogens (tertiary/aromatic N) is 12. The molecular formula is C85H117F5N12O6. The Morgan fingerprint density at radius 1 is 0.287 bits per heavy atom. The van der Waals surface area contributed by atoms with Crippen LogP contribution in [0.3, 0.4) is 0 Å². The monoisotopic (exact) mass is 1500 g/mol. The first-order valence-corrected chi connectivity index (χ1v) is 36.4. The van der Waals surface area contributed by atoms with Crippen LogP contribution in [0.4, 0.5) is 22.0 Å². The van der Waals surface area contributed by atoms with Gasteiger partial charge in [0.05, 0.1) is 75.8 Å². The van der Waals surface area contributed by atoms with E-state index in [1.54, 1.807) is 66.0 Å². The van der Waals surface area contributed by atoms with E-state index in [4.69, 9.17) is 28.4 Å². The second-order valence-electron chi connectivity index (χ2n) is 29.3. The van der Waals surface area contributed by atoms with Crippen LogP contribution in [0.5, 0.6) is 34.5 Å². The lowest BCUT2D eigenvalue weighted by molar-refractivity contribution is 0.285. The number of hydrogen-bond donors (Lipinski definition) is 0. The second kappa shape index (κ2) is 39.2. The second-order valence-corrected chi connectivity index (χ2v) is 29.3. The van der Waals surface area contributed by atoms with Crippen molar-refractivity contribution >= 4 is 65.4 Å². The first kappa shape index (κ1) is 86.0. The Kier molecular flexibility index (Phi) is 31.2. The summed E-state index contributed by atoms with van der Waals surface area (Å²) in [4.78, 5) is 13.0. The lowest BCUT2D eigenvalue weighted by Crippen LogP contribution is -2.28. The van der Waals surface area contributed by atoms with E-state index in [-0.39, 0.29) is 5.82 Å². The molecule has 6 atom stereocenters. The van der Waals surface area contributed by atoms with E-state index < -0.39 is 23.3 Å². The largest absolute Gasteiger partial charge is 0.497 e. The fourth-order valence-corrected chi connectivity index (χ4v) is 12.1. The molecule has 12 aromatic rings. The minimum atomic E-state index is -0.796. The van der Waals surface area contributed by atoms with Crippen molar-refractivity contribution in [3.8, 4) is 34.5 Å². The molecular weight excluding hydrogens is 1380 g/mol. The van der Waals surface area contributed by atoms with Gasteiger partial charge in [0.1, 0.15) is 17.2 Å². The van der Waals surface area contributed by atoms with Crippen LogP contribution in [0.2, 0.25) is 0 Å². The highest BCUT2D eigenvalue weighted by atomic mass is 19.2. The van der Waals surface area contributed by atoms with Gasteiger partial charge in [0.2, 0.25) is 0 Å². The molecule has 0 saturated heterocycles. The van der Waals surface area contributed by atoms with Crippen molar-refractivity contribution in [2.75, 3.05) is 127 Å². The van der Waals surface area contributed by atoms with Crippen molar-refractivity contribution in [1.82, 2.24) is 56.8 Å². The summed E-state index contributed by atoms with van der Waals surface area (Å²) in [7, 11) is 34.6. The number of methoxy groups -OCH3 is 6. The highest BCUT2D eigenvalue weighted by Gasteiger charge is 2.19. The Hall–Kier alpha value is -9.23. The minimum absolute atomic E-state index is 0.293. The van der Waals surface area contributed by atoms with Gasteiger partial charge in [-0.05, 0) is 224 Å². The molecule has 18 nitrogen and oxygen atoms in total. The third kappa shape index (κ3) is 21.8. The topological polar surface area (TPSA) is 104 Å². The fraction of sp³-hybridized carbons (Fsp3) is 0.435. The number of halogens is 5. The average molecular weight is 1500 g/mol. The Bertz CT molecular complexity index is 4820. The van der Waals surface area contributed by atoms with Gasteiger partial charge < -0.3 is 85.2 Å². The van der Waals surface area contributed by atoms with Gasteiger partial charge in [0, 0.05) is 169 Å². The van der Waals surface area contributed by atoms with Crippen molar-refractivity contribution < 1.29 is 50.4 Å². The van der Waals surface area contributed by atoms with E-state index in [9.17, 15) is 22.0 Å². The van der Waals surface area contributed by atoms with Crippen molar-refractivity contribution in [3.05, 3.63) is 181 Å². The Morgan fingerprint density at radius 2 is 0.611 bits per heavy atom. The van der Waals surface area contributed by atoms with Crippen molar-refractivity contribution in [2.45, 2.75) is 124 Å². The summed E-state index contributed by atoms with van der Waals surface area (Å²) in [6.45, 7) is 20.4. The Balaban J connectivity index is 0.000000181. The third-order valence-corrected chi connectivity index (χ3v) is 20.5. The maximum atomic E-state index is 13.7. The number of benzene rings is 6. The molecule has 0 fully saturated rings. The lowest BCUT2D eigenvalue weighted by Gasteiger charge is -2.21. The van der Waals surface area contributed by atoms with Gasteiger partial charge in [0.15, 0.2) is 46.3 Å². The van der Waals surface area contributed by atoms with E-state index in [0.29, 0.717) is 47.4 Å². The number of likely N-dealkylation sites (N-methyl/N-ethyl adjacent to an activating group) is 6. The maximum Gasteiger partial charge on any atom is 0.168 e. The first-order chi connectivity index (χ1) is 51.2. The van der Waals surface area contributed by atoms with Gasteiger partial charge in [0.25, 0.3) is 0 Å². The first-order valence-electron chi connectivity index (χ1n) is 36.4. The third-order valence-electron chi connectivity index (χ3n) is 20.5. The van der Waals surface area contributed by atoms with E-state index >= 15 is 0 Å². The van der Waals surface area contributed by atoms with Crippen molar-refractivity contribution in [3.63, 3.8) is 0 Å². The van der Waals surface area contributed by atoms with E-state index in [1.807, 2.05) is 94.1 Å². The number of aromatic nitrogens is 6. The summed E-state index contributed by atoms with van der Waals surface area (Å²) in [5.74, 6) is 0.969. The van der Waals surface area contributed by atoms with Gasteiger partial charge in [-0.25, -0.2) is 22.0 Å². The van der Waals surface area contributed by atoms with Crippen molar-refractivity contribution in [1.29, 1.82) is 0 Å². The Morgan fingerprint density at radius 3 is 1.04 bits per heavy atom. The minimum Gasteiger partial charge on any atom is -0.497 e. The highest BCUT2D eigenvalue weighted by molar-refractivity contribution is 5.89. The van der Waals surface area contributed by atoms with Gasteiger partial charge >= 0.3 is 0 Å². The molecule has 0 amide bonds. The predicted molar refractivity (Wildman–Crippen MR) is 434 cm³/mol. The standard InChI is InChI=1S/2C15H22N2O2.C15H22N2O.C14H19FN2O.2C13H16F2N2/c1-11(16(2)3)10-17-7-6-12-8-14(18-4)15(19-5)9-13(12)17;1-11(16(2)3)10-17-7-6-12-8-13(18-4)9-14(19-5)15(12)17;1-11-8-14(18-5)9-13-6-7-17(15(11)13)10-12(2)16(3)4;1-10(16(2)3)9-17-6-5-11-7-14(18-4)12(15)8-13(11)17;1-9(16(2)3)8-17-5-4-10-6-11(14)12(15)7-13(10)17;1-9(16(2)3)8-17-7-6-10-12(17)5-4-11(14)13(10)15/h2*6-9,11H,10H2,1-5H3;6-9,12H,10H2,1-5H3;5-8,10H,9H2,1-4H3;2*4-7,9H,8H2,1-3H3/t2*11-;12-;10-;2*9-/m111111/s1. The summed E-state index contributed by atoms with van der Waals surface area (Å²) in [6.07, 6.45) is 12.0. The fourth-order valence-electron chi connectivity index (χ4n) is 12.1. The average Bonchev–Trinajstić information content (AvgIpc) is 1.60. The molecule has 0 aliphatic heterocycles. The van der Waals surface area contributed by atoms with Crippen LogP contribution in [0, 0.1) is 36.0 Å². The van der Waals surface area contributed by atoms with Gasteiger partial charge in [-0.1, -0.05) is 0 Å². The quantitative estimate of drug-likeness (QED) is 0.0538. The molecule has 0 aliphatic carbocycles. The summed E-state index contributed by atoms with van der Waals surface area (Å²) < 4.78 is 111. The molecule has 588 valence electrons. The van der Waals surface area contributed by atoms with Crippen LogP contribution in [-0.4, -0.2) is 220 Å². The van der Waals surface area contributed by atoms with E-state index in [0.717, 1.165) is 106 Å². The molecule has 0 aliphatic rings. The predicted octanol–water partition coefficient (Wildman–Crippen LogP) is 16.6. The lowest BCUT2D eigenvalue weighted by atomic mass is 10.1. The zero-order valence-electron chi connectivity index (χ0n) is 68.3. The van der Waals surface area contributed by atoms with Crippen LogP contribution in [0.15, 0.2) is 146 Å². The SMILES string of the molecule is COc1cc(C)c2c(ccn2C[C@@H](C)N(C)C)c1.COc1cc(OC)c2c(ccn2C[C@@H](C)N(C)C)c1.COc1cc2ccn(C[C@@H](C)N(C)C)c2cc1F.COc1cc2ccn(C[C@@H](C)N(C)C)c2cc1OC.C[C@H](Cn1ccc2c(F)c(F)ccc21)N(C)C.C[C@H](Cn1ccc2cc(F)c(F)cc21)N(C)C. The molecule has 6 aromatic heterocycles. The molecule has 0 N–H and O–H groups in total.